The molecule has 2 rings (SSSR count). The molecule has 0 spiro atoms. The van der Waals surface area contributed by atoms with Gasteiger partial charge in [0.1, 0.15) is 0 Å². The molecule has 1 saturated heterocycles. The largest absolute Gasteiger partial charge is 0.416 e. The lowest BCUT2D eigenvalue weighted by Crippen LogP contribution is -2.42. The molecule has 1 fully saturated rings. The van der Waals surface area contributed by atoms with Crippen molar-refractivity contribution in [3.05, 3.63) is 28.8 Å². The maximum Gasteiger partial charge on any atom is 0.416 e. The van der Waals surface area contributed by atoms with Crippen molar-refractivity contribution in [1.82, 2.24) is 10.2 Å². The van der Waals surface area contributed by atoms with Crippen LogP contribution in [-0.2, 0) is 10.9 Å². The minimum absolute atomic E-state index is 0.0429. The van der Waals surface area contributed by atoms with Crippen LogP contribution in [0.15, 0.2) is 18.2 Å². The number of hydrogen-bond donors (Lipinski definition) is 2. The number of nitrogens with one attached hydrogen (secondary N) is 2. The molecule has 1 aliphatic rings. The smallest absolute Gasteiger partial charge is 0.379 e. The normalized spacial score (nSPS) is 16.2. The Bertz CT molecular complexity index is 549. The summed E-state index contributed by atoms with van der Waals surface area (Å²) in [5.74, 6) is 0. The lowest BCUT2D eigenvalue weighted by atomic mass is 10.2. The van der Waals surface area contributed by atoms with E-state index in [9.17, 15) is 18.0 Å². The molecule has 1 aliphatic heterocycles. The van der Waals surface area contributed by atoms with Gasteiger partial charge in [0.05, 0.1) is 29.5 Å². The van der Waals surface area contributed by atoms with Gasteiger partial charge < -0.3 is 15.4 Å². The highest BCUT2D eigenvalue weighted by atomic mass is 35.5. The van der Waals surface area contributed by atoms with Crippen molar-refractivity contribution in [3.8, 4) is 0 Å². The van der Waals surface area contributed by atoms with Crippen molar-refractivity contribution in [2.45, 2.75) is 6.18 Å². The van der Waals surface area contributed by atoms with Gasteiger partial charge in [0, 0.05) is 26.2 Å². The number of alkyl halides is 3. The monoisotopic (exact) mass is 351 g/mol. The molecule has 0 unspecified atom stereocenters. The summed E-state index contributed by atoms with van der Waals surface area (Å²) in [6.07, 6.45) is -4.49. The summed E-state index contributed by atoms with van der Waals surface area (Å²) >= 11 is 5.81. The van der Waals surface area contributed by atoms with Crippen molar-refractivity contribution >= 4 is 23.3 Å². The summed E-state index contributed by atoms with van der Waals surface area (Å²) in [5.41, 5.74) is -0.948. The molecule has 5 nitrogen and oxygen atoms in total. The van der Waals surface area contributed by atoms with Crippen LogP contribution in [-0.4, -0.2) is 50.3 Å². The van der Waals surface area contributed by atoms with Crippen molar-refractivity contribution in [2.75, 3.05) is 44.7 Å². The Labute approximate surface area is 136 Å². The number of rotatable bonds is 4. The van der Waals surface area contributed by atoms with Gasteiger partial charge in [-0.25, -0.2) is 4.79 Å². The predicted octanol–water partition coefficient (Wildman–Crippen LogP) is 2.81. The van der Waals surface area contributed by atoms with E-state index in [1.165, 1.54) is 0 Å². The summed E-state index contributed by atoms with van der Waals surface area (Å²) in [6.45, 7) is 3.93. The number of ether oxygens (including phenoxy) is 1. The summed E-state index contributed by atoms with van der Waals surface area (Å²) in [5, 5.41) is 4.97. The average Bonchev–Trinajstić information content (AvgIpc) is 2.49. The third kappa shape index (κ3) is 5.56. The average molecular weight is 352 g/mol. The van der Waals surface area contributed by atoms with E-state index in [2.05, 4.69) is 15.5 Å². The molecule has 2 amide bonds. The van der Waals surface area contributed by atoms with Crippen molar-refractivity contribution < 1.29 is 22.7 Å². The molecule has 2 N–H and O–H groups in total. The minimum atomic E-state index is -4.49. The zero-order valence-corrected chi connectivity index (χ0v) is 13.0. The lowest BCUT2D eigenvalue weighted by Gasteiger charge is -2.26. The van der Waals surface area contributed by atoms with Crippen molar-refractivity contribution in [2.24, 2.45) is 0 Å². The van der Waals surface area contributed by atoms with Gasteiger partial charge in [-0.2, -0.15) is 13.2 Å². The Kier molecular flexibility index (Phi) is 6.09. The van der Waals surface area contributed by atoms with Crippen LogP contribution in [0, 0.1) is 0 Å². The maximum atomic E-state index is 12.7. The van der Waals surface area contributed by atoms with Crippen LogP contribution >= 0.6 is 11.6 Å². The number of anilines is 1. The van der Waals surface area contributed by atoms with E-state index in [0.29, 0.717) is 26.3 Å². The second-order valence-electron chi connectivity index (χ2n) is 5.03. The first-order valence-corrected chi connectivity index (χ1v) is 7.46. The van der Waals surface area contributed by atoms with Gasteiger partial charge in [-0.15, -0.1) is 0 Å². The number of hydrogen-bond acceptors (Lipinski definition) is 3. The Balaban J connectivity index is 1.84. The first-order chi connectivity index (χ1) is 10.9. The number of carbonyl (C=O) groups is 1. The standard InChI is InChI=1S/C14H17ClF3N3O2/c15-11-2-1-10(14(16,17)18)9-12(11)20-13(22)19-3-4-21-5-7-23-8-6-21/h1-2,9H,3-8H2,(H2,19,20,22). The molecule has 0 bridgehead atoms. The van der Waals surface area contributed by atoms with Gasteiger partial charge in [-0.05, 0) is 18.2 Å². The third-order valence-electron chi connectivity index (χ3n) is 3.36. The van der Waals surface area contributed by atoms with Gasteiger partial charge in [0.25, 0.3) is 0 Å². The van der Waals surface area contributed by atoms with E-state index in [0.717, 1.165) is 31.3 Å². The highest BCUT2D eigenvalue weighted by molar-refractivity contribution is 6.33. The topological polar surface area (TPSA) is 53.6 Å². The van der Waals surface area contributed by atoms with Crippen LogP contribution in [0.2, 0.25) is 5.02 Å². The SMILES string of the molecule is O=C(NCCN1CCOCC1)Nc1cc(C(F)(F)F)ccc1Cl. The molecule has 9 heteroatoms. The minimum Gasteiger partial charge on any atom is -0.379 e. The van der Waals surface area contributed by atoms with Gasteiger partial charge >= 0.3 is 12.2 Å². The molecule has 1 heterocycles. The van der Waals surface area contributed by atoms with Crippen LogP contribution in [0.3, 0.4) is 0 Å². The summed E-state index contributed by atoms with van der Waals surface area (Å²) in [6, 6.07) is 2.18. The molecule has 0 aliphatic carbocycles. The molecular formula is C14H17ClF3N3O2. The second kappa shape index (κ2) is 7.85. The van der Waals surface area contributed by atoms with Crippen molar-refractivity contribution in [1.29, 1.82) is 0 Å². The number of morpholine rings is 1. The van der Waals surface area contributed by atoms with Crippen LogP contribution < -0.4 is 10.6 Å². The summed E-state index contributed by atoms with van der Waals surface area (Å²) in [7, 11) is 0. The number of benzene rings is 1. The zero-order chi connectivity index (χ0) is 16.9. The highest BCUT2D eigenvalue weighted by Gasteiger charge is 2.31. The third-order valence-corrected chi connectivity index (χ3v) is 3.69. The molecule has 0 aromatic heterocycles. The fourth-order valence-electron chi connectivity index (χ4n) is 2.12. The van der Waals surface area contributed by atoms with Gasteiger partial charge in [0.2, 0.25) is 0 Å². The Morgan fingerprint density at radius 2 is 2.00 bits per heavy atom. The van der Waals surface area contributed by atoms with Gasteiger partial charge in [-0.1, -0.05) is 11.6 Å². The maximum absolute atomic E-state index is 12.7. The first-order valence-electron chi connectivity index (χ1n) is 7.08. The molecule has 1 aromatic carbocycles. The highest BCUT2D eigenvalue weighted by Crippen LogP contribution is 2.33. The number of carbonyl (C=O) groups excluding carboxylic acids is 1. The molecule has 23 heavy (non-hydrogen) atoms. The molecule has 0 saturated carbocycles. The fourth-order valence-corrected chi connectivity index (χ4v) is 2.28. The van der Waals surface area contributed by atoms with E-state index < -0.39 is 17.8 Å². The van der Waals surface area contributed by atoms with Crippen LogP contribution in [0.1, 0.15) is 5.56 Å². The number of nitrogens with zero attached hydrogens (tertiary/aromatic N) is 1. The lowest BCUT2D eigenvalue weighted by molar-refractivity contribution is -0.137. The molecule has 0 atom stereocenters. The second-order valence-corrected chi connectivity index (χ2v) is 5.43. The summed E-state index contributed by atoms with van der Waals surface area (Å²) in [4.78, 5) is 13.9. The van der Waals surface area contributed by atoms with Crippen LogP contribution in [0.5, 0.6) is 0 Å². The van der Waals surface area contributed by atoms with E-state index in [-0.39, 0.29) is 10.7 Å². The Hall–Kier alpha value is -1.51. The first kappa shape index (κ1) is 17.8. The van der Waals surface area contributed by atoms with E-state index >= 15 is 0 Å². The molecule has 1 aromatic rings. The number of urea groups is 1. The zero-order valence-electron chi connectivity index (χ0n) is 12.3. The van der Waals surface area contributed by atoms with E-state index in [1.54, 1.807) is 0 Å². The molecule has 128 valence electrons. The van der Waals surface area contributed by atoms with Crippen molar-refractivity contribution in [3.63, 3.8) is 0 Å². The summed E-state index contributed by atoms with van der Waals surface area (Å²) < 4.78 is 43.2. The quantitative estimate of drug-likeness (QED) is 0.877. The predicted molar refractivity (Wildman–Crippen MR) is 80.7 cm³/mol. The number of amides is 2. The van der Waals surface area contributed by atoms with Crippen LogP contribution in [0.4, 0.5) is 23.7 Å². The van der Waals surface area contributed by atoms with Gasteiger partial charge in [-0.3, -0.25) is 4.90 Å². The van der Waals surface area contributed by atoms with Crippen LogP contribution in [0.25, 0.3) is 0 Å². The van der Waals surface area contributed by atoms with E-state index in [1.807, 2.05) is 0 Å². The number of halogens is 4. The molecular weight excluding hydrogens is 335 g/mol. The fraction of sp³-hybridized carbons (Fsp3) is 0.500. The van der Waals surface area contributed by atoms with E-state index in [4.69, 9.17) is 16.3 Å². The molecule has 0 radical (unpaired) electrons. The van der Waals surface area contributed by atoms with Gasteiger partial charge in [0.15, 0.2) is 0 Å². The Morgan fingerprint density at radius 3 is 2.65 bits per heavy atom. The Morgan fingerprint density at radius 1 is 1.30 bits per heavy atom.